The molecule has 0 saturated carbocycles. The Morgan fingerprint density at radius 1 is 0.250 bits per heavy atom. The maximum absolute atomic E-state index is 6.99. The van der Waals surface area contributed by atoms with Crippen LogP contribution in [0.3, 0.4) is 0 Å². The van der Waals surface area contributed by atoms with Gasteiger partial charge < -0.3 is 39.2 Å². The Morgan fingerprint density at radius 3 is 0.750 bits per heavy atom. The molecule has 148 heavy (non-hydrogen) atoms. The number of hydrogen-bond donors (Lipinski definition) is 0. The molecule has 25 nitrogen and oxygen atoms in total. The molecule has 7 heterocycles. The molecular formula is C123H235N20O5+. The van der Waals surface area contributed by atoms with Crippen molar-refractivity contribution >= 4 is 47.1 Å². The molecule has 5 saturated heterocycles. The minimum Gasteiger partial charge on any atom is -0.371 e. The number of benzene rings is 1. The fourth-order valence-electron chi connectivity index (χ4n) is 26.9. The van der Waals surface area contributed by atoms with E-state index in [4.69, 9.17) is 54.1 Å². The maximum atomic E-state index is 6.99. The summed E-state index contributed by atoms with van der Waals surface area (Å²) in [5, 5.41) is 11.9. The van der Waals surface area contributed by atoms with Crippen LogP contribution in [0.2, 0.25) is 0 Å². The smallest absolute Gasteiger partial charge is 0.232 e. The fraction of sp³-hybridized carbons (Fsp3) is 0.902. The topological polar surface area (TPSA) is 166 Å². The lowest BCUT2D eigenvalue weighted by molar-refractivity contribution is -0.287. The third-order valence-electron chi connectivity index (χ3n) is 33.4. The highest BCUT2D eigenvalue weighted by Crippen LogP contribution is 2.51. The molecule has 25 heteroatoms. The van der Waals surface area contributed by atoms with Crippen molar-refractivity contribution in [2.45, 2.75) is 591 Å². The Bertz CT molecular complexity index is 4040. The highest BCUT2D eigenvalue weighted by Gasteiger charge is 2.57. The summed E-state index contributed by atoms with van der Waals surface area (Å²) in [6, 6.07) is 8.82. The number of nitrogens with zero attached hydrogens (tertiary/aromatic N) is 20. The third-order valence-corrected chi connectivity index (χ3v) is 33.4. The Labute approximate surface area is 911 Å². The second-order valence-corrected chi connectivity index (χ2v) is 52.7. The first-order valence-electron chi connectivity index (χ1n) is 61.8. The highest BCUT2D eigenvalue weighted by molar-refractivity contribution is 5.61. The van der Waals surface area contributed by atoms with E-state index in [2.05, 4.69) is 325 Å². The van der Waals surface area contributed by atoms with Crippen molar-refractivity contribution in [1.82, 2.24) is 64.6 Å². The van der Waals surface area contributed by atoms with Crippen LogP contribution in [0.1, 0.15) is 504 Å². The lowest BCUT2D eigenvalue weighted by Gasteiger charge is -2.57. The minimum atomic E-state index is -0.329. The van der Waals surface area contributed by atoms with Crippen LogP contribution in [-0.4, -0.2) is 277 Å². The van der Waals surface area contributed by atoms with Gasteiger partial charge in [0.25, 0.3) is 0 Å². The Morgan fingerprint density at radius 2 is 0.480 bits per heavy atom. The summed E-state index contributed by atoms with van der Waals surface area (Å²) < 4.78 is 0.901. The fourth-order valence-corrected chi connectivity index (χ4v) is 26.9. The minimum absolute atomic E-state index is 0.0699. The van der Waals surface area contributed by atoms with Crippen LogP contribution in [0, 0.1) is 0 Å². The van der Waals surface area contributed by atoms with Crippen LogP contribution in [0.5, 0.6) is 0 Å². The lowest BCUT2D eigenvalue weighted by atomic mass is 9.77. The number of rotatable bonds is 72. The Hall–Kier alpha value is -4.64. The predicted octanol–water partition coefficient (Wildman–Crippen LogP) is 29.0. The first kappa shape index (κ1) is 129. The van der Waals surface area contributed by atoms with Gasteiger partial charge in [-0.3, -0.25) is 28.7 Å². The molecular weight excluding hydrogens is 1840 g/mol. The van der Waals surface area contributed by atoms with E-state index in [-0.39, 0.29) is 79.6 Å². The van der Waals surface area contributed by atoms with Gasteiger partial charge in [-0.15, -0.1) is 0 Å². The van der Waals surface area contributed by atoms with E-state index in [1.807, 2.05) is 0 Å². The Kier molecular flexibility index (Phi) is 52.3. The normalized spacial score (nSPS) is 20.3. The van der Waals surface area contributed by atoms with Gasteiger partial charge in [0.15, 0.2) is 0 Å². The van der Waals surface area contributed by atoms with Crippen molar-refractivity contribution < 1.29 is 24.2 Å². The van der Waals surface area contributed by atoms with Crippen molar-refractivity contribution in [1.29, 1.82) is 0 Å². The summed E-state index contributed by atoms with van der Waals surface area (Å²) >= 11 is 0. The summed E-state index contributed by atoms with van der Waals surface area (Å²) in [4.78, 5) is 91.8. The molecule has 0 N–H and O–H groups in total. The van der Waals surface area contributed by atoms with Crippen LogP contribution in [0.25, 0.3) is 0 Å². The maximum Gasteiger partial charge on any atom is 0.232 e. The van der Waals surface area contributed by atoms with Crippen molar-refractivity contribution in [3.8, 4) is 0 Å². The van der Waals surface area contributed by atoms with Gasteiger partial charge in [-0.25, -0.2) is 0 Å². The van der Waals surface area contributed by atoms with Crippen LogP contribution >= 0.6 is 0 Å². The predicted molar refractivity (Wildman–Crippen MR) is 632 cm³/mol. The van der Waals surface area contributed by atoms with Gasteiger partial charge in [0.2, 0.25) is 35.7 Å². The van der Waals surface area contributed by atoms with E-state index in [9.17, 15) is 0 Å². The van der Waals surface area contributed by atoms with Crippen molar-refractivity contribution in [2.24, 2.45) is 0 Å². The summed E-state index contributed by atoms with van der Waals surface area (Å²) in [6.45, 7) is 98.0. The van der Waals surface area contributed by atoms with E-state index >= 15 is 0 Å². The SMILES string of the molecule is CCCCN(CCCC)CCc1cc(N(CCCC)CCCC)cc([N+](C)(CCCCCCN(c2nc(N(CCCC)C3CC(C)(C)N(OCCC)C(C)(C)C3)nc(N(CCCCCCN(c3nc(N(CCCC)CCCC)nc(N(CCCC)CCCC)n3)C3CC(C)(C)N(OCCC)C(C)(C)C3)C3CC(C)(C)N(OCCC)C(C)(C)C3)n2)C2CC(C)(C)N(OCCC)C(C)(C)C2)C2CC(C)(C)N(OCCC)C(C)(C)C2)c1. The van der Waals surface area contributed by atoms with Gasteiger partial charge in [0, 0.05) is 182 Å². The standard InChI is InChI=1S/C123H235N20O5/c1-36-50-68-130(69-51-37-2)80-67-100-87-101(131(70-52-38-3)71-53-39-4)89-106(88-100)143(35,107-98-122(31,32)142(148-86-49-14)123(33,34)99-107)81-66-62-61-65-79-137(105-96-120(27,28)141(147-85-48-13)121(29,30)97-105)113-128-111(134(76-58-44-9)102-90-114(15,16)138(144-82-45-10)115(17,18)91-102)127-112(129-113)136(104-94-118(23,24)140(146-84-47-12)119(25,26)95-104)78-64-60-59-63-77-135(103-92-116(19,20)139(145-83-46-11)117(21,22)93-103)110-125-108(132(72-54-40-5)73-55-41-6)124-109(126-110)133(74-56-42-7)75-57-43-8/h87-89,102-105,107H,36-86,90-99H2,1-35H3/q+1. The zero-order valence-corrected chi connectivity index (χ0v) is 103. The zero-order chi connectivity index (χ0) is 109. The molecule has 5 aliphatic heterocycles. The number of unbranched alkanes of at least 4 members (excludes halogenated alkanes) is 15. The molecule has 856 valence electrons. The number of anilines is 7. The zero-order valence-electron chi connectivity index (χ0n) is 103. The lowest BCUT2D eigenvalue weighted by Crippen LogP contribution is -2.68. The van der Waals surface area contributed by atoms with E-state index in [0.717, 1.165) is 344 Å². The van der Waals surface area contributed by atoms with Gasteiger partial charge >= 0.3 is 0 Å². The van der Waals surface area contributed by atoms with Crippen LogP contribution in [0.15, 0.2) is 18.2 Å². The molecule has 0 aliphatic carbocycles. The summed E-state index contributed by atoms with van der Waals surface area (Å²) in [5.41, 5.74) is 1.63. The first-order chi connectivity index (χ1) is 70.1. The summed E-state index contributed by atoms with van der Waals surface area (Å²) in [6.07, 6.45) is 43.9. The average molecular weight is 2070 g/mol. The van der Waals surface area contributed by atoms with Gasteiger partial charge in [0.05, 0.1) is 52.7 Å². The van der Waals surface area contributed by atoms with Crippen LogP contribution in [-0.2, 0) is 30.6 Å². The molecule has 0 bridgehead atoms. The molecule has 1 aromatic carbocycles. The summed E-state index contributed by atoms with van der Waals surface area (Å²) in [5.74, 6) is 4.94. The highest BCUT2D eigenvalue weighted by atomic mass is 16.7. The molecule has 0 radical (unpaired) electrons. The van der Waals surface area contributed by atoms with Gasteiger partial charge in [-0.05, 0) is 343 Å². The number of aromatic nitrogens is 6. The summed E-state index contributed by atoms with van der Waals surface area (Å²) in [7, 11) is 2.67. The van der Waals surface area contributed by atoms with E-state index in [0.29, 0.717) is 32.5 Å². The monoisotopic (exact) mass is 2070 g/mol. The molecule has 3 aromatic rings. The van der Waals surface area contributed by atoms with E-state index < -0.39 is 0 Å². The molecule has 1 atom stereocenters. The molecule has 5 aliphatic rings. The van der Waals surface area contributed by atoms with E-state index in [1.54, 1.807) is 0 Å². The molecule has 5 fully saturated rings. The number of hydrogen-bond acceptors (Lipinski definition) is 24. The van der Waals surface area contributed by atoms with Gasteiger partial charge in [0.1, 0.15) is 5.69 Å². The molecule has 1 unspecified atom stereocenters. The van der Waals surface area contributed by atoms with Crippen molar-refractivity contribution in [3.63, 3.8) is 0 Å². The van der Waals surface area contributed by atoms with Gasteiger partial charge in [-0.2, -0.15) is 55.2 Å². The third kappa shape index (κ3) is 36.2. The quantitative estimate of drug-likeness (QED) is 0.0386. The number of hydroxylamine groups is 10. The second-order valence-electron chi connectivity index (χ2n) is 52.7. The molecule has 8 rings (SSSR count). The second kappa shape index (κ2) is 60.2. The number of piperidine rings is 5. The average Bonchev–Trinajstić information content (AvgIpc) is 0.741. The van der Waals surface area contributed by atoms with Crippen molar-refractivity contribution in [3.05, 3.63) is 23.8 Å². The largest absolute Gasteiger partial charge is 0.371 e. The Balaban J connectivity index is 1.31. The van der Waals surface area contributed by atoms with Gasteiger partial charge in [-0.1, -0.05) is 174 Å². The van der Waals surface area contributed by atoms with E-state index in [1.165, 1.54) is 81.4 Å². The molecule has 0 spiro atoms. The molecule has 2 aromatic heterocycles. The van der Waals surface area contributed by atoms with Crippen LogP contribution < -0.4 is 38.8 Å². The molecule has 0 amide bonds. The van der Waals surface area contributed by atoms with Crippen LogP contribution in [0.4, 0.5) is 47.1 Å². The first-order valence-corrected chi connectivity index (χ1v) is 61.8. The van der Waals surface area contributed by atoms with Crippen molar-refractivity contribution in [2.75, 3.05) is 166 Å². The number of quaternary nitrogens is 1.